The van der Waals surface area contributed by atoms with Crippen molar-refractivity contribution in [3.8, 4) is 10.4 Å². The molecule has 2 saturated heterocycles. The van der Waals surface area contributed by atoms with Gasteiger partial charge in [0, 0.05) is 34.7 Å². The van der Waals surface area contributed by atoms with Gasteiger partial charge < -0.3 is 0 Å². The molecule has 0 radical (unpaired) electrons. The second-order valence-corrected chi connectivity index (χ2v) is 11.6. The summed E-state index contributed by atoms with van der Waals surface area (Å²) in [5.74, 6) is -0.117. The van der Waals surface area contributed by atoms with Crippen LogP contribution in [-0.4, -0.2) is 62.4 Å². The summed E-state index contributed by atoms with van der Waals surface area (Å²) in [6.07, 6.45) is 3.95. The van der Waals surface area contributed by atoms with E-state index in [2.05, 4.69) is 51.6 Å². The monoisotopic (exact) mass is 552 g/mol. The Bertz CT molecular complexity index is 1630. The number of carbonyl (C=O) groups excluding carboxylic acids is 3. The van der Waals surface area contributed by atoms with Crippen LogP contribution in [0.2, 0.25) is 0 Å². The van der Waals surface area contributed by atoms with Crippen molar-refractivity contribution in [2.75, 3.05) is 19.6 Å². The minimum Gasteiger partial charge on any atom is -0.299 e. The largest absolute Gasteiger partial charge is 0.342 e. The zero-order valence-corrected chi connectivity index (χ0v) is 22.7. The minimum atomic E-state index is -0.541. The number of carbonyl (C=O) groups is 3. The molecule has 202 valence electrons. The summed E-state index contributed by atoms with van der Waals surface area (Å²) in [6, 6.07) is 18.1. The van der Waals surface area contributed by atoms with Crippen molar-refractivity contribution in [2.45, 2.75) is 38.3 Å². The van der Waals surface area contributed by atoms with E-state index in [-0.39, 0.29) is 24.8 Å². The number of piperidine rings is 1. The second-order valence-electron chi connectivity index (χ2n) is 10.6. The van der Waals surface area contributed by atoms with E-state index in [4.69, 9.17) is 4.98 Å². The quantitative estimate of drug-likeness (QED) is 0.390. The van der Waals surface area contributed by atoms with Crippen molar-refractivity contribution in [1.29, 1.82) is 0 Å². The number of aromatic nitrogens is 2. The molecular formula is C30H28N6O3S. The Hall–Kier alpha value is -4.15. The number of likely N-dealkylation sites (tertiary alicyclic amines) is 1. The van der Waals surface area contributed by atoms with E-state index in [0.29, 0.717) is 18.0 Å². The van der Waals surface area contributed by atoms with Crippen LogP contribution in [0.25, 0.3) is 20.7 Å². The standard InChI is InChI=1S/C30H28N6O3S/c37-26-10-13-35(30(39)33-26)36-17-22-14-19(6-7-23(22)29(36)38)16-34-11-8-21(9-12-34)27-24-15-25(20-4-2-1-3-5-20)40-28(24)32-18-31-27/h1-7,14-15,18,21H,8-13,16-17H2,(H,33,37,39). The fourth-order valence-corrected chi connectivity index (χ4v) is 7.02. The van der Waals surface area contributed by atoms with Crippen LogP contribution in [0.1, 0.15) is 52.4 Å². The Balaban J connectivity index is 1.01. The summed E-state index contributed by atoms with van der Waals surface area (Å²) < 4.78 is 0. The first-order valence-electron chi connectivity index (χ1n) is 13.6. The topological polar surface area (TPSA) is 98.7 Å². The van der Waals surface area contributed by atoms with Gasteiger partial charge in [-0.25, -0.2) is 24.8 Å². The zero-order valence-electron chi connectivity index (χ0n) is 21.9. The van der Waals surface area contributed by atoms with Gasteiger partial charge in [0.25, 0.3) is 5.91 Å². The molecule has 3 aliphatic rings. The van der Waals surface area contributed by atoms with Crippen molar-refractivity contribution in [2.24, 2.45) is 0 Å². The summed E-state index contributed by atoms with van der Waals surface area (Å²) in [5.41, 5.74) is 5.05. The molecule has 0 bridgehead atoms. The second kappa shape index (κ2) is 10.1. The lowest BCUT2D eigenvalue weighted by molar-refractivity contribution is -0.123. The lowest BCUT2D eigenvalue weighted by atomic mass is 9.91. The van der Waals surface area contributed by atoms with Crippen LogP contribution >= 0.6 is 11.3 Å². The van der Waals surface area contributed by atoms with Crippen LogP contribution in [0.4, 0.5) is 4.79 Å². The minimum absolute atomic E-state index is 0.189. The van der Waals surface area contributed by atoms with Gasteiger partial charge in [0.05, 0.1) is 18.8 Å². The molecule has 1 N–H and O–H groups in total. The number of hydrogen-bond acceptors (Lipinski definition) is 7. The van der Waals surface area contributed by atoms with Crippen molar-refractivity contribution in [1.82, 2.24) is 30.2 Å². The molecule has 9 nitrogen and oxygen atoms in total. The van der Waals surface area contributed by atoms with Gasteiger partial charge in [-0.15, -0.1) is 11.3 Å². The molecule has 40 heavy (non-hydrogen) atoms. The number of amides is 4. The lowest BCUT2D eigenvalue weighted by Crippen LogP contribution is -2.56. The number of benzene rings is 2. The van der Waals surface area contributed by atoms with E-state index in [1.807, 2.05) is 18.2 Å². The number of nitrogens with zero attached hydrogens (tertiary/aromatic N) is 5. The van der Waals surface area contributed by atoms with Crippen molar-refractivity contribution >= 4 is 39.4 Å². The molecule has 0 unspecified atom stereocenters. The van der Waals surface area contributed by atoms with E-state index >= 15 is 0 Å². The molecule has 0 spiro atoms. The van der Waals surface area contributed by atoms with E-state index in [9.17, 15) is 14.4 Å². The summed E-state index contributed by atoms with van der Waals surface area (Å²) in [6.45, 7) is 3.29. The highest BCUT2D eigenvalue weighted by atomic mass is 32.1. The Morgan fingerprint density at radius 3 is 2.55 bits per heavy atom. The van der Waals surface area contributed by atoms with Crippen molar-refractivity contribution in [3.63, 3.8) is 0 Å². The predicted octanol–water partition coefficient (Wildman–Crippen LogP) is 4.55. The molecule has 0 atom stereocenters. The van der Waals surface area contributed by atoms with Gasteiger partial charge in [-0.1, -0.05) is 42.5 Å². The van der Waals surface area contributed by atoms with E-state index in [0.717, 1.165) is 54.1 Å². The lowest BCUT2D eigenvalue weighted by Gasteiger charge is -2.33. The van der Waals surface area contributed by atoms with E-state index in [1.54, 1.807) is 17.7 Å². The predicted molar refractivity (Wildman–Crippen MR) is 151 cm³/mol. The molecule has 2 aromatic carbocycles. The molecule has 2 fully saturated rings. The molecule has 7 rings (SSSR count). The first-order chi connectivity index (χ1) is 19.5. The number of hydrogen-bond donors (Lipinski definition) is 1. The Morgan fingerprint density at radius 2 is 1.75 bits per heavy atom. The fourth-order valence-electron chi connectivity index (χ4n) is 6.00. The zero-order chi connectivity index (χ0) is 27.2. The van der Waals surface area contributed by atoms with Crippen LogP contribution in [-0.2, 0) is 17.9 Å². The third-order valence-electron chi connectivity index (χ3n) is 8.08. The molecule has 10 heteroatoms. The molecule has 2 aromatic heterocycles. The first kappa shape index (κ1) is 24.9. The average molecular weight is 553 g/mol. The highest BCUT2D eigenvalue weighted by molar-refractivity contribution is 7.21. The highest BCUT2D eigenvalue weighted by Gasteiger charge is 2.37. The Kier molecular flexibility index (Phi) is 6.28. The molecule has 0 aliphatic carbocycles. The van der Waals surface area contributed by atoms with Gasteiger partial charge in [-0.2, -0.15) is 0 Å². The van der Waals surface area contributed by atoms with E-state index < -0.39 is 6.03 Å². The third-order valence-corrected chi connectivity index (χ3v) is 9.17. The van der Waals surface area contributed by atoms with Gasteiger partial charge in [0.1, 0.15) is 11.2 Å². The molecule has 0 saturated carbocycles. The van der Waals surface area contributed by atoms with Gasteiger partial charge >= 0.3 is 6.03 Å². The summed E-state index contributed by atoms with van der Waals surface area (Å²) in [5, 5.41) is 6.25. The van der Waals surface area contributed by atoms with Crippen molar-refractivity contribution in [3.05, 3.63) is 83.3 Å². The SMILES string of the molecule is O=C1CCN(N2Cc3cc(CN4CCC(c5ncnc6sc(-c7ccccc7)cc56)CC4)ccc3C2=O)C(=O)N1. The maximum atomic E-state index is 13.0. The number of urea groups is 1. The van der Waals surface area contributed by atoms with Gasteiger partial charge in [0.15, 0.2) is 0 Å². The summed E-state index contributed by atoms with van der Waals surface area (Å²) >= 11 is 1.72. The van der Waals surface area contributed by atoms with Crippen LogP contribution < -0.4 is 5.32 Å². The highest BCUT2D eigenvalue weighted by Crippen LogP contribution is 2.38. The maximum Gasteiger partial charge on any atom is 0.342 e. The molecular weight excluding hydrogens is 524 g/mol. The number of fused-ring (bicyclic) bond motifs is 2. The molecule has 4 amide bonds. The normalized spacial score (nSPS) is 18.4. The van der Waals surface area contributed by atoms with Crippen molar-refractivity contribution < 1.29 is 14.4 Å². The number of imide groups is 1. The molecule has 3 aliphatic heterocycles. The van der Waals surface area contributed by atoms with Gasteiger partial charge in [0.2, 0.25) is 5.91 Å². The summed E-state index contributed by atoms with van der Waals surface area (Å²) in [7, 11) is 0. The van der Waals surface area contributed by atoms with Crippen LogP contribution in [0.15, 0.2) is 60.9 Å². The third kappa shape index (κ3) is 4.52. The molecule has 5 heterocycles. The number of rotatable bonds is 5. The van der Waals surface area contributed by atoms with Gasteiger partial charge in [-0.3, -0.25) is 19.8 Å². The number of hydrazine groups is 1. The maximum absolute atomic E-state index is 13.0. The number of thiophene rings is 1. The smallest absolute Gasteiger partial charge is 0.299 e. The summed E-state index contributed by atoms with van der Waals surface area (Å²) in [4.78, 5) is 50.8. The number of nitrogens with one attached hydrogen (secondary N) is 1. The fraction of sp³-hybridized carbons (Fsp3) is 0.300. The Labute approximate surface area is 235 Å². The molecule has 4 aromatic rings. The van der Waals surface area contributed by atoms with Crippen LogP contribution in [0, 0.1) is 0 Å². The van der Waals surface area contributed by atoms with Gasteiger partial charge in [-0.05, 0) is 54.8 Å². The van der Waals surface area contributed by atoms with Crippen LogP contribution in [0.5, 0.6) is 0 Å². The van der Waals surface area contributed by atoms with E-state index in [1.165, 1.54) is 25.8 Å². The first-order valence-corrected chi connectivity index (χ1v) is 14.4. The average Bonchev–Trinajstić information content (AvgIpc) is 3.55. The Morgan fingerprint density at radius 1 is 0.925 bits per heavy atom. The van der Waals surface area contributed by atoms with Crippen LogP contribution in [0.3, 0.4) is 0 Å².